The second kappa shape index (κ2) is 6.66. The van der Waals surface area contributed by atoms with Crippen LogP contribution in [-0.4, -0.2) is 27.7 Å². The molecule has 1 unspecified atom stereocenters. The molecule has 5 heteroatoms. The van der Waals surface area contributed by atoms with E-state index >= 15 is 0 Å². The molecule has 4 nitrogen and oxygen atoms in total. The summed E-state index contributed by atoms with van der Waals surface area (Å²) in [6.07, 6.45) is 3.39. The van der Waals surface area contributed by atoms with Crippen LogP contribution < -0.4 is 5.32 Å². The minimum Gasteiger partial charge on any atom is -0.374 e. The Bertz CT molecular complexity index is 1020. The molecule has 3 aromatic rings. The number of aryl methyl sites for hydroxylation is 1. The van der Waals surface area contributed by atoms with Gasteiger partial charge in [-0.3, -0.25) is 4.90 Å². The topological polar surface area (TPSA) is 40.4 Å². The van der Waals surface area contributed by atoms with Crippen molar-refractivity contribution in [2.24, 2.45) is 0 Å². The van der Waals surface area contributed by atoms with E-state index in [2.05, 4.69) is 58.2 Å². The van der Waals surface area contributed by atoms with Gasteiger partial charge in [-0.25, -0.2) is 0 Å². The van der Waals surface area contributed by atoms with Crippen molar-refractivity contribution in [1.82, 2.24) is 9.47 Å². The number of halogens is 1. The molecule has 0 amide bonds. The summed E-state index contributed by atoms with van der Waals surface area (Å²) in [5.41, 5.74) is 5.70. The molecule has 1 aromatic heterocycles. The molecule has 5 rings (SSSR count). The summed E-state index contributed by atoms with van der Waals surface area (Å²) >= 11 is 6.11. The Balaban J connectivity index is 1.42. The normalized spacial score (nSPS) is 19.0. The van der Waals surface area contributed by atoms with Gasteiger partial charge < -0.3 is 15.0 Å². The molecule has 0 saturated carbocycles. The Labute approximate surface area is 170 Å². The summed E-state index contributed by atoms with van der Waals surface area (Å²) in [5, 5.41) is 15.4. The quantitative estimate of drug-likeness (QED) is 0.654. The van der Waals surface area contributed by atoms with Crippen molar-refractivity contribution in [3.8, 4) is 5.69 Å². The van der Waals surface area contributed by atoms with Gasteiger partial charge in [-0.2, -0.15) is 0 Å². The van der Waals surface area contributed by atoms with E-state index < -0.39 is 6.23 Å². The number of likely N-dealkylation sites (tertiary alicyclic amines) is 1. The predicted molar refractivity (Wildman–Crippen MR) is 113 cm³/mol. The van der Waals surface area contributed by atoms with E-state index in [-0.39, 0.29) is 5.54 Å². The zero-order valence-electron chi connectivity index (χ0n) is 15.9. The highest BCUT2D eigenvalue weighted by Crippen LogP contribution is 2.44. The molecule has 0 bridgehead atoms. The third-order valence-electron chi connectivity index (χ3n) is 6.17. The first kappa shape index (κ1) is 17.8. The lowest BCUT2D eigenvalue weighted by molar-refractivity contribution is -0.0219. The SMILES string of the molecule is Cc1ccc2c(c1)NC1(CCN(C(O)c3cccc(Cl)c3)CC1)c1cccn1-2. The molecule has 28 heavy (non-hydrogen) atoms. The third-order valence-corrected chi connectivity index (χ3v) is 6.40. The summed E-state index contributed by atoms with van der Waals surface area (Å²) in [4.78, 5) is 2.14. The van der Waals surface area contributed by atoms with Gasteiger partial charge in [-0.1, -0.05) is 29.8 Å². The van der Waals surface area contributed by atoms with Crippen LogP contribution >= 0.6 is 11.6 Å². The number of hydrogen-bond donors (Lipinski definition) is 2. The number of fused-ring (bicyclic) bond motifs is 4. The molecule has 1 spiro atoms. The van der Waals surface area contributed by atoms with Crippen LogP contribution in [-0.2, 0) is 5.54 Å². The number of aliphatic hydroxyl groups excluding tert-OH is 1. The summed E-state index contributed by atoms with van der Waals surface area (Å²) < 4.78 is 2.31. The molecule has 1 saturated heterocycles. The first-order valence-corrected chi connectivity index (χ1v) is 10.2. The number of nitrogens with zero attached hydrogens (tertiary/aromatic N) is 2. The minimum absolute atomic E-state index is 0.102. The van der Waals surface area contributed by atoms with Crippen molar-refractivity contribution < 1.29 is 5.11 Å². The number of anilines is 1. The van der Waals surface area contributed by atoms with Crippen LogP contribution in [0.4, 0.5) is 5.69 Å². The molecule has 3 heterocycles. The van der Waals surface area contributed by atoms with Crippen LogP contribution in [0.2, 0.25) is 5.02 Å². The molecular formula is C23H24ClN3O. The summed E-state index contributed by atoms with van der Waals surface area (Å²) in [6, 6.07) is 18.4. The lowest BCUT2D eigenvalue weighted by Crippen LogP contribution is -2.50. The van der Waals surface area contributed by atoms with Crippen LogP contribution in [0.25, 0.3) is 5.69 Å². The monoisotopic (exact) mass is 393 g/mol. The Morgan fingerprint density at radius 1 is 1.07 bits per heavy atom. The molecule has 2 N–H and O–H groups in total. The highest BCUT2D eigenvalue weighted by Gasteiger charge is 2.42. The number of aromatic nitrogens is 1. The van der Waals surface area contributed by atoms with Crippen LogP contribution in [0.5, 0.6) is 0 Å². The van der Waals surface area contributed by atoms with E-state index in [0.717, 1.165) is 31.5 Å². The first-order valence-electron chi connectivity index (χ1n) is 9.80. The van der Waals surface area contributed by atoms with Crippen LogP contribution in [0.15, 0.2) is 60.8 Å². The molecule has 1 fully saturated rings. The van der Waals surface area contributed by atoms with Gasteiger partial charge in [-0.05, 0) is 67.3 Å². The Morgan fingerprint density at radius 2 is 1.89 bits per heavy atom. The molecule has 2 aliphatic heterocycles. The van der Waals surface area contributed by atoms with E-state index in [9.17, 15) is 5.11 Å². The van der Waals surface area contributed by atoms with E-state index in [1.54, 1.807) is 0 Å². The van der Waals surface area contributed by atoms with Crippen LogP contribution in [0.3, 0.4) is 0 Å². The maximum absolute atomic E-state index is 10.8. The molecule has 144 valence electrons. The minimum atomic E-state index is -0.624. The molecule has 0 radical (unpaired) electrons. The van der Waals surface area contributed by atoms with Gasteiger partial charge in [0.05, 0.1) is 16.9 Å². The summed E-state index contributed by atoms with van der Waals surface area (Å²) in [5.74, 6) is 0. The molecule has 1 atom stereocenters. The van der Waals surface area contributed by atoms with Crippen LogP contribution in [0.1, 0.15) is 35.9 Å². The van der Waals surface area contributed by atoms with Gasteiger partial charge in [-0.15, -0.1) is 0 Å². The number of benzene rings is 2. The predicted octanol–water partition coefficient (Wildman–Crippen LogP) is 4.85. The van der Waals surface area contributed by atoms with Crippen LogP contribution in [0, 0.1) is 6.92 Å². The number of hydrogen-bond acceptors (Lipinski definition) is 3. The zero-order chi connectivity index (χ0) is 19.3. The maximum atomic E-state index is 10.8. The molecule has 2 aromatic carbocycles. The highest BCUT2D eigenvalue weighted by atomic mass is 35.5. The average molecular weight is 394 g/mol. The fourth-order valence-electron chi connectivity index (χ4n) is 4.67. The standard InChI is InChI=1S/C23H24ClN3O/c1-16-7-8-20-19(14-16)25-23(21-6-3-11-27(20)21)9-12-26(13-10-23)22(28)17-4-2-5-18(24)15-17/h2-8,11,14-15,22,25,28H,9-10,12-13H2,1H3. The van der Waals surface area contributed by atoms with Gasteiger partial charge in [0.15, 0.2) is 0 Å². The average Bonchev–Trinajstić information content (AvgIpc) is 3.19. The van der Waals surface area contributed by atoms with Crippen molar-refractivity contribution in [3.63, 3.8) is 0 Å². The van der Waals surface area contributed by atoms with E-state index in [4.69, 9.17) is 11.6 Å². The first-order chi connectivity index (χ1) is 13.6. The van der Waals surface area contributed by atoms with Gasteiger partial charge in [0.1, 0.15) is 6.23 Å². The highest BCUT2D eigenvalue weighted by molar-refractivity contribution is 6.30. The Morgan fingerprint density at radius 3 is 2.68 bits per heavy atom. The fourth-order valence-corrected chi connectivity index (χ4v) is 4.87. The third kappa shape index (κ3) is 2.84. The summed E-state index contributed by atoms with van der Waals surface area (Å²) in [6.45, 7) is 3.75. The number of piperidine rings is 1. The number of aliphatic hydroxyl groups is 1. The van der Waals surface area contributed by atoms with E-state index in [1.165, 1.54) is 22.6 Å². The van der Waals surface area contributed by atoms with Gasteiger partial charge >= 0.3 is 0 Å². The fraction of sp³-hybridized carbons (Fsp3) is 0.304. The molecular weight excluding hydrogens is 370 g/mol. The van der Waals surface area contributed by atoms with E-state index in [1.807, 2.05) is 24.3 Å². The smallest absolute Gasteiger partial charge is 0.133 e. The molecule has 2 aliphatic rings. The number of nitrogens with one attached hydrogen (secondary N) is 1. The lowest BCUT2D eigenvalue weighted by atomic mass is 9.82. The summed E-state index contributed by atoms with van der Waals surface area (Å²) in [7, 11) is 0. The zero-order valence-corrected chi connectivity index (χ0v) is 16.7. The van der Waals surface area contributed by atoms with Gasteiger partial charge in [0, 0.05) is 30.0 Å². The van der Waals surface area contributed by atoms with Crippen molar-refractivity contribution in [3.05, 3.63) is 82.6 Å². The second-order valence-electron chi connectivity index (χ2n) is 7.96. The van der Waals surface area contributed by atoms with Gasteiger partial charge in [0.2, 0.25) is 0 Å². The largest absolute Gasteiger partial charge is 0.374 e. The van der Waals surface area contributed by atoms with Crippen molar-refractivity contribution in [2.45, 2.75) is 31.5 Å². The van der Waals surface area contributed by atoms with E-state index in [0.29, 0.717) is 5.02 Å². The van der Waals surface area contributed by atoms with Gasteiger partial charge in [0.25, 0.3) is 0 Å². The van der Waals surface area contributed by atoms with Crippen molar-refractivity contribution in [2.75, 3.05) is 18.4 Å². The number of rotatable bonds is 2. The van der Waals surface area contributed by atoms with Crippen molar-refractivity contribution in [1.29, 1.82) is 0 Å². The second-order valence-corrected chi connectivity index (χ2v) is 8.39. The van der Waals surface area contributed by atoms with Crippen molar-refractivity contribution >= 4 is 17.3 Å². The lowest BCUT2D eigenvalue weighted by Gasteiger charge is -2.47. The Hall–Kier alpha value is -2.27. The maximum Gasteiger partial charge on any atom is 0.133 e. The molecule has 0 aliphatic carbocycles. The Kier molecular flexibility index (Phi) is 4.23.